The second-order valence-corrected chi connectivity index (χ2v) is 5.64. The number of rotatable bonds is 9. The molecule has 1 saturated heterocycles. The van der Waals surface area contributed by atoms with Crippen LogP contribution in [0, 0.1) is 5.41 Å². The minimum absolute atomic E-state index is 0.286. The summed E-state index contributed by atoms with van der Waals surface area (Å²) in [6.45, 7) is 13.5. The minimum atomic E-state index is 0.286. The van der Waals surface area contributed by atoms with E-state index in [0.29, 0.717) is 6.04 Å². The van der Waals surface area contributed by atoms with Crippen molar-refractivity contribution in [3.63, 3.8) is 0 Å². The van der Waals surface area contributed by atoms with Crippen LogP contribution in [0.4, 0.5) is 0 Å². The highest BCUT2D eigenvalue weighted by atomic mass is 16.5. The predicted molar refractivity (Wildman–Crippen MR) is 75.0 cm³/mol. The van der Waals surface area contributed by atoms with Crippen molar-refractivity contribution in [3.8, 4) is 0 Å². The van der Waals surface area contributed by atoms with E-state index in [9.17, 15) is 0 Å². The molecule has 108 valence electrons. The third-order valence-electron chi connectivity index (χ3n) is 3.79. The van der Waals surface area contributed by atoms with Gasteiger partial charge < -0.3 is 14.8 Å². The van der Waals surface area contributed by atoms with Gasteiger partial charge in [-0.1, -0.05) is 6.92 Å². The van der Waals surface area contributed by atoms with Crippen LogP contribution in [0.1, 0.15) is 27.2 Å². The second-order valence-electron chi connectivity index (χ2n) is 5.64. The summed E-state index contributed by atoms with van der Waals surface area (Å²) >= 11 is 0. The highest BCUT2D eigenvalue weighted by molar-refractivity contribution is 4.89. The summed E-state index contributed by atoms with van der Waals surface area (Å²) in [7, 11) is 1.77. The molecule has 1 aliphatic rings. The molecule has 0 saturated carbocycles. The smallest absolute Gasteiger partial charge is 0.0589 e. The number of hydrogen-bond donors (Lipinski definition) is 1. The lowest BCUT2D eigenvalue weighted by atomic mass is 9.86. The van der Waals surface area contributed by atoms with Crippen LogP contribution in [-0.4, -0.2) is 64.1 Å². The Bertz CT molecular complexity index is 216. The van der Waals surface area contributed by atoms with Crippen molar-refractivity contribution < 1.29 is 9.47 Å². The van der Waals surface area contributed by atoms with E-state index in [-0.39, 0.29) is 5.41 Å². The average Bonchev–Trinajstić information content (AvgIpc) is 2.81. The van der Waals surface area contributed by atoms with Crippen molar-refractivity contribution in [1.82, 2.24) is 10.2 Å². The number of methoxy groups -OCH3 is 1. The molecule has 0 aromatic rings. The zero-order valence-electron chi connectivity index (χ0n) is 12.5. The molecule has 0 aromatic carbocycles. The highest BCUT2D eigenvalue weighted by Gasteiger charge is 2.36. The predicted octanol–water partition coefficient (Wildman–Crippen LogP) is 1.36. The molecule has 1 aliphatic heterocycles. The fourth-order valence-electron chi connectivity index (χ4n) is 2.52. The molecular formula is C14H30N2O2. The van der Waals surface area contributed by atoms with Crippen molar-refractivity contribution in [1.29, 1.82) is 0 Å². The number of nitrogens with zero attached hydrogens (tertiary/aromatic N) is 1. The lowest BCUT2D eigenvalue weighted by Crippen LogP contribution is -2.47. The average molecular weight is 258 g/mol. The quantitative estimate of drug-likeness (QED) is 0.677. The first-order valence-corrected chi connectivity index (χ1v) is 7.15. The van der Waals surface area contributed by atoms with Gasteiger partial charge in [0.25, 0.3) is 0 Å². The van der Waals surface area contributed by atoms with Gasteiger partial charge in [0, 0.05) is 44.8 Å². The monoisotopic (exact) mass is 258 g/mol. The van der Waals surface area contributed by atoms with Gasteiger partial charge in [-0.25, -0.2) is 0 Å². The summed E-state index contributed by atoms with van der Waals surface area (Å²) in [5.41, 5.74) is 0.286. The maximum Gasteiger partial charge on any atom is 0.0589 e. The van der Waals surface area contributed by atoms with Crippen LogP contribution in [-0.2, 0) is 9.47 Å². The van der Waals surface area contributed by atoms with Crippen molar-refractivity contribution >= 4 is 0 Å². The normalized spacial score (nSPS) is 24.3. The van der Waals surface area contributed by atoms with Gasteiger partial charge in [0.15, 0.2) is 0 Å². The van der Waals surface area contributed by atoms with E-state index in [4.69, 9.17) is 9.47 Å². The van der Waals surface area contributed by atoms with E-state index in [0.717, 1.165) is 52.4 Å². The van der Waals surface area contributed by atoms with Crippen LogP contribution in [0.5, 0.6) is 0 Å². The molecule has 1 fully saturated rings. The Kier molecular flexibility index (Phi) is 7.15. The highest BCUT2D eigenvalue weighted by Crippen LogP contribution is 2.29. The molecule has 1 rings (SSSR count). The zero-order valence-corrected chi connectivity index (χ0v) is 12.5. The summed E-state index contributed by atoms with van der Waals surface area (Å²) < 4.78 is 10.9. The van der Waals surface area contributed by atoms with Crippen molar-refractivity contribution in [2.45, 2.75) is 33.2 Å². The van der Waals surface area contributed by atoms with Crippen LogP contribution in [0.2, 0.25) is 0 Å². The lowest BCUT2D eigenvalue weighted by molar-refractivity contribution is 0.0710. The van der Waals surface area contributed by atoms with E-state index in [2.05, 4.69) is 31.0 Å². The van der Waals surface area contributed by atoms with Crippen LogP contribution >= 0.6 is 0 Å². The SMILES string of the molecule is CCNCC1(CN(CCOC)C(C)C)CCOC1. The fraction of sp³-hybridized carbons (Fsp3) is 1.00. The lowest BCUT2D eigenvalue weighted by Gasteiger charge is -2.36. The molecule has 18 heavy (non-hydrogen) atoms. The first kappa shape index (κ1) is 15.9. The van der Waals surface area contributed by atoms with Crippen LogP contribution in [0.25, 0.3) is 0 Å². The van der Waals surface area contributed by atoms with Crippen LogP contribution in [0.3, 0.4) is 0 Å². The first-order chi connectivity index (χ1) is 8.63. The van der Waals surface area contributed by atoms with Gasteiger partial charge in [0.1, 0.15) is 0 Å². The summed E-state index contributed by atoms with van der Waals surface area (Å²) in [6.07, 6.45) is 1.16. The van der Waals surface area contributed by atoms with E-state index >= 15 is 0 Å². The fourth-order valence-corrected chi connectivity index (χ4v) is 2.52. The van der Waals surface area contributed by atoms with Gasteiger partial charge in [-0.2, -0.15) is 0 Å². The molecular weight excluding hydrogens is 228 g/mol. The van der Waals surface area contributed by atoms with Crippen molar-refractivity contribution in [3.05, 3.63) is 0 Å². The van der Waals surface area contributed by atoms with E-state index in [1.165, 1.54) is 0 Å². The molecule has 1 heterocycles. The molecule has 4 nitrogen and oxygen atoms in total. The second kappa shape index (κ2) is 8.10. The Morgan fingerprint density at radius 3 is 2.72 bits per heavy atom. The van der Waals surface area contributed by atoms with E-state index in [1.54, 1.807) is 7.11 Å². The minimum Gasteiger partial charge on any atom is -0.383 e. The molecule has 4 heteroatoms. The Hall–Kier alpha value is -0.160. The topological polar surface area (TPSA) is 33.7 Å². The molecule has 0 bridgehead atoms. The van der Waals surface area contributed by atoms with Gasteiger partial charge in [0.05, 0.1) is 13.2 Å². The summed E-state index contributed by atoms with van der Waals surface area (Å²) in [4.78, 5) is 2.51. The maximum atomic E-state index is 5.64. The molecule has 0 aliphatic carbocycles. The Morgan fingerprint density at radius 2 is 2.22 bits per heavy atom. The molecule has 1 atom stereocenters. The molecule has 0 radical (unpaired) electrons. The molecule has 1 unspecified atom stereocenters. The van der Waals surface area contributed by atoms with Gasteiger partial charge in [-0.05, 0) is 26.8 Å². The van der Waals surface area contributed by atoms with Gasteiger partial charge >= 0.3 is 0 Å². The van der Waals surface area contributed by atoms with E-state index in [1.807, 2.05) is 0 Å². The number of hydrogen-bond acceptors (Lipinski definition) is 4. The largest absolute Gasteiger partial charge is 0.383 e. The number of ether oxygens (including phenoxy) is 2. The number of nitrogens with one attached hydrogen (secondary N) is 1. The molecule has 0 aromatic heterocycles. The Balaban J connectivity index is 2.55. The Labute approximate surface area is 112 Å². The van der Waals surface area contributed by atoms with Gasteiger partial charge in [-0.3, -0.25) is 4.90 Å². The van der Waals surface area contributed by atoms with Crippen molar-refractivity contribution in [2.24, 2.45) is 5.41 Å². The molecule has 0 amide bonds. The first-order valence-electron chi connectivity index (χ1n) is 7.15. The van der Waals surface area contributed by atoms with E-state index < -0.39 is 0 Å². The van der Waals surface area contributed by atoms with Crippen LogP contribution < -0.4 is 5.32 Å². The van der Waals surface area contributed by atoms with Crippen molar-refractivity contribution in [2.75, 3.05) is 53.1 Å². The third kappa shape index (κ3) is 4.84. The third-order valence-corrected chi connectivity index (χ3v) is 3.79. The van der Waals surface area contributed by atoms with Crippen LogP contribution in [0.15, 0.2) is 0 Å². The zero-order chi connectivity index (χ0) is 13.4. The Morgan fingerprint density at radius 1 is 1.44 bits per heavy atom. The summed E-state index contributed by atoms with van der Waals surface area (Å²) in [6, 6.07) is 0.555. The molecule has 1 N–H and O–H groups in total. The molecule has 0 spiro atoms. The maximum absolute atomic E-state index is 5.64. The van der Waals surface area contributed by atoms with Gasteiger partial charge in [-0.15, -0.1) is 0 Å². The summed E-state index contributed by atoms with van der Waals surface area (Å²) in [5.74, 6) is 0. The van der Waals surface area contributed by atoms with Gasteiger partial charge in [0.2, 0.25) is 0 Å². The standard InChI is InChI=1S/C14H30N2O2/c1-5-15-10-14(6-8-18-12-14)11-16(13(2)3)7-9-17-4/h13,15H,5-12H2,1-4H3. The summed E-state index contributed by atoms with van der Waals surface area (Å²) in [5, 5.41) is 3.49.